The molecule has 0 aromatic heterocycles. The van der Waals surface area contributed by atoms with Gasteiger partial charge in [-0.3, -0.25) is 0 Å². The number of hydrogen-bond donors (Lipinski definition) is 1. The van der Waals surface area contributed by atoms with Gasteiger partial charge in [0.2, 0.25) is 0 Å². The van der Waals surface area contributed by atoms with Crippen molar-refractivity contribution in [3.63, 3.8) is 0 Å². The van der Waals surface area contributed by atoms with Crippen LogP contribution in [0.15, 0.2) is 48.5 Å². The maximum Gasteiger partial charge on any atom is 0.279 e. The van der Waals surface area contributed by atoms with Crippen molar-refractivity contribution in [3.05, 3.63) is 59.7 Å². The summed E-state index contributed by atoms with van der Waals surface area (Å²) < 4.78 is 47.3. The number of hydrogen-bond acceptors (Lipinski definition) is 5. The highest BCUT2D eigenvalue weighted by Gasteiger charge is 2.30. The van der Waals surface area contributed by atoms with Crippen LogP contribution in [0.3, 0.4) is 0 Å². The standard InChI is InChI=1S/C25H32N2O5S/c28-33(29,27-14-16-30-17-15-27)26-21-7-9-22(10-8-21)31-23-11-13-25-20(18-23)6-12-24(32-25)19-4-2-1-3-5-19/h1-5,11,13,18,21-22,24,26H,6-10,12,14-17H2. The first-order chi connectivity index (χ1) is 16.1. The van der Waals surface area contributed by atoms with E-state index in [4.69, 9.17) is 14.2 Å². The Bertz CT molecular complexity index is 1030. The maximum absolute atomic E-state index is 12.6. The van der Waals surface area contributed by atoms with E-state index in [0.717, 1.165) is 50.0 Å². The van der Waals surface area contributed by atoms with E-state index in [1.54, 1.807) is 0 Å². The fourth-order valence-corrected chi connectivity index (χ4v) is 6.34. The predicted molar refractivity (Wildman–Crippen MR) is 126 cm³/mol. The van der Waals surface area contributed by atoms with Crippen LogP contribution in [0.2, 0.25) is 0 Å². The van der Waals surface area contributed by atoms with Crippen molar-refractivity contribution < 1.29 is 22.6 Å². The second-order valence-corrected chi connectivity index (χ2v) is 10.8. The van der Waals surface area contributed by atoms with Gasteiger partial charge in [0.25, 0.3) is 10.2 Å². The summed E-state index contributed by atoms with van der Waals surface area (Å²) in [6.45, 7) is 1.75. The summed E-state index contributed by atoms with van der Waals surface area (Å²) in [6, 6.07) is 16.4. The van der Waals surface area contributed by atoms with Crippen molar-refractivity contribution in [1.82, 2.24) is 9.03 Å². The van der Waals surface area contributed by atoms with Gasteiger partial charge in [0.05, 0.1) is 19.3 Å². The van der Waals surface area contributed by atoms with Gasteiger partial charge < -0.3 is 14.2 Å². The zero-order chi connectivity index (χ0) is 22.7. The first kappa shape index (κ1) is 22.7. The van der Waals surface area contributed by atoms with Crippen LogP contribution in [0.4, 0.5) is 0 Å². The Balaban J connectivity index is 1.13. The van der Waals surface area contributed by atoms with Crippen LogP contribution < -0.4 is 14.2 Å². The van der Waals surface area contributed by atoms with Crippen molar-refractivity contribution in [1.29, 1.82) is 0 Å². The van der Waals surface area contributed by atoms with Crippen molar-refractivity contribution in [2.75, 3.05) is 26.3 Å². The smallest absolute Gasteiger partial charge is 0.279 e. The largest absolute Gasteiger partial charge is 0.490 e. The lowest BCUT2D eigenvalue weighted by molar-refractivity contribution is 0.0719. The van der Waals surface area contributed by atoms with Gasteiger partial charge in [-0.05, 0) is 67.9 Å². The molecule has 0 bridgehead atoms. The highest BCUT2D eigenvalue weighted by Crippen LogP contribution is 2.37. The van der Waals surface area contributed by atoms with Gasteiger partial charge in [0.1, 0.15) is 17.6 Å². The molecule has 2 aliphatic heterocycles. The molecule has 3 aliphatic rings. The Kier molecular flexibility index (Phi) is 6.87. The van der Waals surface area contributed by atoms with Gasteiger partial charge >= 0.3 is 0 Å². The third-order valence-electron chi connectivity index (χ3n) is 6.75. The third-order valence-corrected chi connectivity index (χ3v) is 8.43. The molecule has 7 nitrogen and oxygen atoms in total. The quantitative estimate of drug-likeness (QED) is 0.695. The molecule has 5 rings (SSSR count). The monoisotopic (exact) mass is 472 g/mol. The van der Waals surface area contributed by atoms with Crippen LogP contribution >= 0.6 is 0 Å². The van der Waals surface area contributed by atoms with Crippen molar-refractivity contribution >= 4 is 10.2 Å². The maximum atomic E-state index is 12.6. The van der Waals surface area contributed by atoms with E-state index in [0.29, 0.717) is 26.3 Å². The van der Waals surface area contributed by atoms with Crippen LogP contribution in [0.25, 0.3) is 0 Å². The Morgan fingerprint density at radius 3 is 2.45 bits per heavy atom. The Labute approximate surface area is 196 Å². The lowest BCUT2D eigenvalue weighted by atomic mass is 9.93. The van der Waals surface area contributed by atoms with E-state index in [1.165, 1.54) is 15.4 Å². The molecule has 178 valence electrons. The zero-order valence-electron chi connectivity index (χ0n) is 18.8. The lowest BCUT2D eigenvalue weighted by Gasteiger charge is -2.32. The molecule has 1 N–H and O–H groups in total. The predicted octanol–water partition coefficient (Wildman–Crippen LogP) is 3.61. The Morgan fingerprint density at radius 2 is 1.70 bits per heavy atom. The summed E-state index contributed by atoms with van der Waals surface area (Å²) in [5, 5.41) is 0. The number of rotatable bonds is 6. The number of fused-ring (bicyclic) bond motifs is 1. The molecule has 1 aliphatic carbocycles. The summed E-state index contributed by atoms with van der Waals surface area (Å²) in [6.07, 6.45) is 5.34. The number of aryl methyl sites for hydroxylation is 1. The van der Waals surface area contributed by atoms with Crippen LogP contribution in [0, 0.1) is 0 Å². The summed E-state index contributed by atoms with van der Waals surface area (Å²) in [5.74, 6) is 1.80. The van der Waals surface area contributed by atoms with E-state index in [-0.39, 0.29) is 18.2 Å². The van der Waals surface area contributed by atoms with E-state index in [2.05, 4.69) is 22.9 Å². The van der Waals surface area contributed by atoms with Gasteiger partial charge in [-0.15, -0.1) is 0 Å². The van der Waals surface area contributed by atoms with Gasteiger partial charge in [0.15, 0.2) is 0 Å². The molecule has 2 aromatic rings. The number of benzene rings is 2. The number of nitrogens with zero attached hydrogens (tertiary/aromatic N) is 1. The molecule has 0 radical (unpaired) electrons. The van der Waals surface area contributed by atoms with Crippen LogP contribution in [-0.2, 0) is 21.4 Å². The molecule has 8 heteroatoms. The highest BCUT2D eigenvalue weighted by molar-refractivity contribution is 7.87. The van der Waals surface area contributed by atoms with Crippen molar-refractivity contribution in [3.8, 4) is 11.5 Å². The molecular formula is C25H32N2O5S. The molecule has 0 amide bonds. The number of morpholine rings is 1. The highest BCUT2D eigenvalue weighted by atomic mass is 32.2. The van der Waals surface area contributed by atoms with E-state index < -0.39 is 10.2 Å². The Morgan fingerprint density at radius 1 is 0.939 bits per heavy atom. The van der Waals surface area contributed by atoms with Gasteiger partial charge in [-0.1, -0.05) is 30.3 Å². The lowest BCUT2D eigenvalue weighted by Crippen LogP contribution is -2.50. The minimum absolute atomic E-state index is 0.0375. The normalized spacial score (nSPS) is 26.2. The van der Waals surface area contributed by atoms with Crippen LogP contribution in [0.5, 0.6) is 11.5 Å². The van der Waals surface area contributed by atoms with E-state index in [9.17, 15) is 8.42 Å². The molecule has 2 fully saturated rings. The first-order valence-corrected chi connectivity index (χ1v) is 13.4. The number of ether oxygens (including phenoxy) is 3. The zero-order valence-corrected chi connectivity index (χ0v) is 19.6. The SMILES string of the molecule is O=S(=O)(NC1CCC(Oc2ccc3c(c2)CCC(c2ccccc2)O3)CC1)N1CCOCC1. The van der Waals surface area contributed by atoms with Crippen molar-refractivity contribution in [2.45, 2.75) is 56.8 Å². The van der Waals surface area contributed by atoms with E-state index >= 15 is 0 Å². The van der Waals surface area contributed by atoms with E-state index in [1.807, 2.05) is 30.3 Å². The molecule has 1 unspecified atom stereocenters. The second-order valence-electron chi connectivity index (χ2n) is 9.05. The summed E-state index contributed by atoms with van der Waals surface area (Å²) >= 11 is 0. The van der Waals surface area contributed by atoms with Crippen molar-refractivity contribution in [2.24, 2.45) is 0 Å². The Hall–Kier alpha value is -2.13. The summed E-state index contributed by atoms with van der Waals surface area (Å²) in [4.78, 5) is 0. The fraction of sp³-hybridized carbons (Fsp3) is 0.520. The topological polar surface area (TPSA) is 77.1 Å². The van der Waals surface area contributed by atoms with Gasteiger partial charge in [-0.25, -0.2) is 0 Å². The minimum atomic E-state index is -3.45. The number of nitrogens with one attached hydrogen (secondary N) is 1. The minimum Gasteiger partial charge on any atom is -0.490 e. The molecule has 2 aromatic carbocycles. The summed E-state index contributed by atoms with van der Waals surface area (Å²) in [7, 11) is -3.45. The molecule has 2 heterocycles. The molecule has 1 atom stereocenters. The molecular weight excluding hydrogens is 440 g/mol. The van der Waals surface area contributed by atoms with Crippen LogP contribution in [-0.4, -0.2) is 51.2 Å². The fourth-order valence-electron chi connectivity index (χ4n) is 4.90. The molecule has 0 spiro atoms. The van der Waals surface area contributed by atoms with Gasteiger partial charge in [0, 0.05) is 19.1 Å². The summed E-state index contributed by atoms with van der Waals surface area (Å²) in [5.41, 5.74) is 2.40. The molecule has 1 saturated heterocycles. The second kappa shape index (κ2) is 10.0. The first-order valence-electron chi connectivity index (χ1n) is 11.9. The average molecular weight is 473 g/mol. The average Bonchev–Trinajstić information content (AvgIpc) is 2.86. The van der Waals surface area contributed by atoms with Gasteiger partial charge in [-0.2, -0.15) is 17.4 Å². The third kappa shape index (κ3) is 5.51. The molecule has 1 saturated carbocycles. The molecule has 33 heavy (non-hydrogen) atoms. The van der Waals surface area contributed by atoms with Crippen LogP contribution in [0.1, 0.15) is 49.3 Å².